The van der Waals surface area contributed by atoms with Gasteiger partial charge >= 0.3 is 0 Å². The first-order chi connectivity index (χ1) is 55.6. The highest BCUT2D eigenvalue weighted by atomic mass is 15.2. The topological polar surface area (TPSA) is 16.3 Å². The molecule has 2 aliphatic carbocycles. The lowest BCUT2D eigenvalue weighted by Crippen LogP contribution is -2.61. The largest absolute Gasteiger partial charge is 0.311 e. The molecule has 15 aromatic carbocycles. The normalized spacial score (nSPS) is 15.5. The molecule has 0 saturated heterocycles. The third kappa shape index (κ3) is 11.5. The number of para-hydroxylation sites is 1. The van der Waals surface area contributed by atoms with Gasteiger partial charge in [0.25, 0.3) is 6.71 Å². The minimum Gasteiger partial charge on any atom is -0.311 e. The number of fused-ring (bicyclic) bond motifs is 12. The van der Waals surface area contributed by atoms with Gasteiger partial charge in [0, 0.05) is 61.4 Å². The number of rotatable bonds is 10. The molecule has 0 N–H and O–H groups in total. The number of hydrogen-bond acceptors (Lipinski definition) is 2. The average Bonchev–Trinajstić information content (AvgIpc) is 1.36. The Kier molecular flexibility index (Phi) is 16.0. The molecule has 17 aromatic rings. The first-order valence-electron chi connectivity index (χ1n) is 41.6. The fourth-order valence-corrected chi connectivity index (χ4v) is 20.3. The summed E-state index contributed by atoms with van der Waals surface area (Å²) >= 11 is 0. The minimum absolute atomic E-state index is 0.00292. The van der Waals surface area contributed by atoms with Crippen LogP contribution in [0.5, 0.6) is 0 Å². The quantitative estimate of drug-likeness (QED) is 0.127. The van der Waals surface area contributed by atoms with Crippen LogP contribution in [0.2, 0.25) is 0 Å². The maximum absolute atomic E-state index is 2.65. The number of nitrogens with zero attached hydrogens (tertiary/aromatic N) is 4. The van der Waals surface area contributed by atoms with Gasteiger partial charge in [0.2, 0.25) is 0 Å². The van der Waals surface area contributed by atoms with E-state index in [1.165, 1.54) is 145 Å². The number of aromatic nitrogens is 2. The molecule has 2 aliphatic heterocycles. The molecular formula is C110H95BN4. The Morgan fingerprint density at radius 3 is 1.01 bits per heavy atom. The Morgan fingerprint density at radius 1 is 0.243 bits per heavy atom. The van der Waals surface area contributed by atoms with Gasteiger partial charge in [-0.2, -0.15) is 0 Å². The SMILES string of the molecule is CC(C)(C)c1ccc(-c2ccc3c(c2)N(c2ccc(-c4ccc5c(c4)C(C)(C)CCC5(C)C)cc2)c2cc(-n4c5ccccc5c5cc(-c6ccccc6)ccc54)cc4c2B3c2ccc(-n3c5ccc(-c6ccccc6)cc5c5cc(-c6ccccc6)ccc53)cc2N4c2ccc(-c3ccc4c(c3)C(C)(C)CCC4(C)C)cc2)cc1. The van der Waals surface area contributed by atoms with Crippen molar-refractivity contribution in [3.8, 4) is 78.1 Å². The molecule has 0 saturated carbocycles. The summed E-state index contributed by atoms with van der Waals surface area (Å²) in [6.07, 6.45) is 4.67. The highest BCUT2D eigenvalue weighted by Gasteiger charge is 2.46. The molecule has 5 heteroatoms. The van der Waals surface area contributed by atoms with Gasteiger partial charge in [-0.15, -0.1) is 0 Å². The molecule has 0 amide bonds. The molecule has 4 heterocycles. The molecule has 0 unspecified atom stereocenters. The van der Waals surface area contributed by atoms with Gasteiger partial charge in [-0.25, -0.2) is 0 Å². The highest BCUT2D eigenvalue weighted by molar-refractivity contribution is 7.00. The van der Waals surface area contributed by atoms with E-state index >= 15 is 0 Å². The molecule has 21 rings (SSSR count). The highest BCUT2D eigenvalue weighted by Crippen LogP contribution is 2.53. The van der Waals surface area contributed by atoms with Gasteiger partial charge in [0.15, 0.2) is 0 Å². The zero-order valence-electron chi connectivity index (χ0n) is 67.9. The molecule has 2 aromatic heterocycles. The van der Waals surface area contributed by atoms with Crippen LogP contribution in [0.3, 0.4) is 0 Å². The monoisotopic (exact) mass is 1480 g/mol. The Balaban J connectivity index is 0.841. The predicted molar refractivity (Wildman–Crippen MR) is 491 cm³/mol. The lowest BCUT2D eigenvalue weighted by molar-refractivity contribution is 0.332. The van der Waals surface area contributed by atoms with E-state index in [0.717, 1.165) is 80.4 Å². The van der Waals surface area contributed by atoms with Crippen molar-refractivity contribution >= 4 is 101 Å². The average molecular weight is 1480 g/mol. The summed E-state index contributed by atoms with van der Waals surface area (Å²) in [6.45, 7) is 26.2. The van der Waals surface area contributed by atoms with Gasteiger partial charge in [0.05, 0.1) is 27.8 Å². The predicted octanol–water partition coefficient (Wildman–Crippen LogP) is 28.0. The summed E-state index contributed by atoms with van der Waals surface area (Å²) in [4.78, 5) is 5.28. The smallest absolute Gasteiger partial charge is 0.252 e. The number of anilines is 6. The first kappa shape index (κ1) is 70.4. The van der Waals surface area contributed by atoms with Gasteiger partial charge < -0.3 is 18.9 Å². The molecule has 0 bridgehead atoms. The van der Waals surface area contributed by atoms with E-state index in [9.17, 15) is 0 Å². The van der Waals surface area contributed by atoms with Crippen LogP contribution in [-0.2, 0) is 27.1 Å². The molecule has 0 spiro atoms. The maximum atomic E-state index is 2.65. The number of hydrogen-bond donors (Lipinski definition) is 0. The zero-order chi connectivity index (χ0) is 78.2. The van der Waals surface area contributed by atoms with Crippen LogP contribution in [0.1, 0.15) is 130 Å². The van der Waals surface area contributed by atoms with E-state index in [1.54, 1.807) is 0 Å². The molecule has 0 atom stereocenters. The van der Waals surface area contributed by atoms with Crippen LogP contribution in [0.25, 0.3) is 122 Å². The fourth-order valence-electron chi connectivity index (χ4n) is 20.3. The van der Waals surface area contributed by atoms with Crippen molar-refractivity contribution in [1.82, 2.24) is 9.13 Å². The summed E-state index contributed by atoms with van der Waals surface area (Å²) in [7, 11) is 0. The van der Waals surface area contributed by atoms with Crippen LogP contribution < -0.4 is 26.2 Å². The molecule has 4 aliphatic rings. The van der Waals surface area contributed by atoms with Crippen LogP contribution >= 0.6 is 0 Å². The lowest BCUT2D eigenvalue weighted by atomic mass is 9.33. The first-order valence-corrected chi connectivity index (χ1v) is 41.6. The molecule has 115 heavy (non-hydrogen) atoms. The van der Waals surface area contributed by atoms with Crippen molar-refractivity contribution in [1.29, 1.82) is 0 Å². The summed E-state index contributed by atoms with van der Waals surface area (Å²) in [5.74, 6) is 0. The van der Waals surface area contributed by atoms with Crippen molar-refractivity contribution in [3.05, 3.63) is 355 Å². The fraction of sp³-hybridized carbons (Fsp3) is 0.182. The molecule has 558 valence electrons. The van der Waals surface area contributed by atoms with E-state index in [-0.39, 0.29) is 33.8 Å². The third-order valence-corrected chi connectivity index (χ3v) is 27.0. The van der Waals surface area contributed by atoms with Gasteiger partial charge in [-0.1, -0.05) is 307 Å². The van der Waals surface area contributed by atoms with Crippen LogP contribution in [-0.4, -0.2) is 15.8 Å². The third-order valence-electron chi connectivity index (χ3n) is 27.0. The Morgan fingerprint density at radius 2 is 0.557 bits per heavy atom. The molecule has 0 radical (unpaired) electrons. The summed E-state index contributed by atoms with van der Waals surface area (Å²) < 4.78 is 5.10. The van der Waals surface area contributed by atoms with E-state index in [0.29, 0.717) is 0 Å². The minimum atomic E-state index is -0.195. The number of benzene rings is 15. The second kappa shape index (κ2) is 26.1. The second-order valence-corrected chi connectivity index (χ2v) is 37.0. The molecular weight excluding hydrogens is 1390 g/mol. The van der Waals surface area contributed by atoms with Gasteiger partial charge in [-0.3, -0.25) is 0 Å². The van der Waals surface area contributed by atoms with Crippen molar-refractivity contribution in [2.75, 3.05) is 9.80 Å². The standard InChI is InChI=1S/C110H95BN4/c1-106(2,3)82-43-31-73(32-44-82)81-39-52-95-101(66-81)112(83-45-33-74(34-46-83)79-37-50-91-93(64-79)109(8,9)59-57-107(91,4)5)103-68-86(115-97-30-22-21-29-87(97)88-61-76(40-54-98(88)115)70-23-15-12-16-24-70)69-104-105(103)111(95)96-53-49-85(67-102(96)113(104)84-47-35-75(36-48-84)80-38-51-92-94(65-80)110(10,11)60-58-108(92,6)7)114-99-55-41-77(71-25-17-13-18-26-71)62-89(99)90-63-78(42-56-100(90)114)72-27-19-14-20-28-72/h12-56,61-69H,57-60H2,1-11H3. The summed E-state index contributed by atoms with van der Waals surface area (Å²) in [6, 6.07) is 126. The zero-order valence-corrected chi connectivity index (χ0v) is 67.9. The Bertz CT molecular complexity index is 6690. The van der Waals surface area contributed by atoms with E-state index in [1.807, 2.05) is 0 Å². The van der Waals surface area contributed by atoms with Gasteiger partial charge in [-0.05, 0) is 261 Å². The molecule has 4 nitrogen and oxygen atoms in total. The van der Waals surface area contributed by atoms with Crippen molar-refractivity contribution in [3.63, 3.8) is 0 Å². The van der Waals surface area contributed by atoms with E-state index in [2.05, 4.69) is 423 Å². The van der Waals surface area contributed by atoms with Crippen molar-refractivity contribution < 1.29 is 0 Å². The van der Waals surface area contributed by atoms with Crippen LogP contribution in [0.4, 0.5) is 34.1 Å². The van der Waals surface area contributed by atoms with Crippen LogP contribution in [0, 0.1) is 0 Å². The van der Waals surface area contributed by atoms with Crippen LogP contribution in [0.15, 0.2) is 328 Å². The Labute approximate surface area is 677 Å². The maximum Gasteiger partial charge on any atom is 0.252 e. The Hall–Kier alpha value is -12.4. The summed E-state index contributed by atoms with van der Waals surface area (Å²) in [5.41, 5.74) is 39.3. The summed E-state index contributed by atoms with van der Waals surface area (Å²) in [5, 5.41) is 4.85. The van der Waals surface area contributed by atoms with Crippen molar-refractivity contribution in [2.45, 2.75) is 129 Å². The second-order valence-electron chi connectivity index (χ2n) is 37.0. The van der Waals surface area contributed by atoms with E-state index in [4.69, 9.17) is 0 Å². The van der Waals surface area contributed by atoms with Gasteiger partial charge in [0.1, 0.15) is 0 Å². The van der Waals surface area contributed by atoms with Crippen molar-refractivity contribution in [2.24, 2.45) is 0 Å². The lowest BCUT2D eigenvalue weighted by Gasteiger charge is -2.44. The van der Waals surface area contributed by atoms with E-state index < -0.39 is 0 Å². The molecule has 0 fully saturated rings.